The van der Waals surface area contributed by atoms with Crippen LogP contribution in [0, 0.1) is 6.92 Å². The molecule has 0 unspecified atom stereocenters. The van der Waals surface area contributed by atoms with Crippen LogP contribution in [0.15, 0.2) is 45.8 Å². The molecule has 0 aromatic heterocycles. The van der Waals surface area contributed by atoms with Crippen molar-refractivity contribution in [3.05, 3.63) is 56.5 Å². The lowest BCUT2D eigenvalue weighted by atomic mass is 10.2. The van der Waals surface area contributed by atoms with Crippen LogP contribution in [0.4, 0.5) is 5.69 Å². The van der Waals surface area contributed by atoms with Crippen LogP contribution in [-0.4, -0.2) is 32.2 Å². The first-order chi connectivity index (χ1) is 11.6. The van der Waals surface area contributed by atoms with Gasteiger partial charge in [0.15, 0.2) is 0 Å². The molecule has 0 heterocycles. The van der Waals surface area contributed by atoms with Crippen LogP contribution in [0.3, 0.4) is 0 Å². The van der Waals surface area contributed by atoms with E-state index in [9.17, 15) is 13.2 Å². The summed E-state index contributed by atoms with van der Waals surface area (Å²) in [5.41, 5.74) is 1.46. The van der Waals surface area contributed by atoms with Gasteiger partial charge in [-0.05, 0) is 42.8 Å². The van der Waals surface area contributed by atoms with Crippen molar-refractivity contribution < 1.29 is 13.2 Å². The summed E-state index contributed by atoms with van der Waals surface area (Å²) >= 11 is 15.3. The number of halogens is 3. The Morgan fingerprint density at radius 2 is 1.80 bits per heavy atom. The molecule has 0 bridgehead atoms. The summed E-state index contributed by atoms with van der Waals surface area (Å²) in [4.78, 5) is 12.0. The fourth-order valence-electron chi connectivity index (χ4n) is 2.13. The number of benzene rings is 2. The van der Waals surface area contributed by atoms with Gasteiger partial charge in [0.05, 0.1) is 16.6 Å². The van der Waals surface area contributed by atoms with E-state index in [0.717, 1.165) is 14.3 Å². The highest BCUT2D eigenvalue weighted by Gasteiger charge is 2.27. The van der Waals surface area contributed by atoms with E-state index in [2.05, 4.69) is 21.2 Å². The highest BCUT2D eigenvalue weighted by atomic mass is 79.9. The predicted molar refractivity (Wildman–Crippen MR) is 104 cm³/mol. The third-order valence-corrected chi connectivity index (χ3v) is 6.67. The molecule has 134 valence electrons. The molecule has 0 saturated carbocycles. The Balaban J connectivity index is 2.18. The van der Waals surface area contributed by atoms with E-state index in [1.807, 2.05) is 13.0 Å². The third kappa shape index (κ3) is 4.74. The quantitative estimate of drug-likeness (QED) is 0.714. The molecule has 0 spiro atoms. The molecule has 9 heteroatoms. The molecule has 2 aromatic carbocycles. The predicted octanol–water partition coefficient (Wildman–Crippen LogP) is 4.32. The molecule has 1 amide bonds. The Labute approximate surface area is 165 Å². The maximum Gasteiger partial charge on any atom is 0.246 e. The molecule has 0 aliphatic heterocycles. The molecule has 0 fully saturated rings. The number of hydrogen-bond donors (Lipinski definition) is 1. The maximum absolute atomic E-state index is 12.6. The Morgan fingerprint density at radius 3 is 2.36 bits per heavy atom. The molecule has 0 radical (unpaired) electrons. The van der Waals surface area contributed by atoms with Gasteiger partial charge >= 0.3 is 0 Å². The van der Waals surface area contributed by atoms with Crippen molar-refractivity contribution >= 4 is 60.7 Å². The molecule has 5 nitrogen and oxygen atoms in total. The van der Waals surface area contributed by atoms with Crippen LogP contribution in [0.5, 0.6) is 0 Å². The van der Waals surface area contributed by atoms with Gasteiger partial charge in [-0.15, -0.1) is 0 Å². The average Bonchev–Trinajstić information content (AvgIpc) is 2.49. The highest BCUT2D eigenvalue weighted by Crippen LogP contribution is 2.31. The number of rotatable bonds is 5. The van der Waals surface area contributed by atoms with Crippen LogP contribution in [0.25, 0.3) is 0 Å². The largest absolute Gasteiger partial charge is 0.325 e. The topological polar surface area (TPSA) is 66.5 Å². The minimum Gasteiger partial charge on any atom is -0.325 e. The number of likely N-dealkylation sites (N-methyl/N-ethyl adjacent to an activating group) is 1. The minimum atomic E-state index is -4.00. The second-order valence-electron chi connectivity index (χ2n) is 5.32. The van der Waals surface area contributed by atoms with Crippen LogP contribution in [0.1, 0.15) is 5.56 Å². The number of nitrogens with one attached hydrogen (secondary N) is 1. The molecule has 2 rings (SSSR count). The van der Waals surface area contributed by atoms with E-state index in [0.29, 0.717) is 5.69 Å². The molecule has 25 heavy (non-hydrogen) atoms. The van der Waals surface area contributed by atoms with E-state index in [1.165, 1.54) is 19.2 Å². The van der Waals surface area contributed by atoms with Crippen molar-refractivity contribution in [3.63, 3.8) is 0 Å². The van der Waals surface area contributed by atoms with Gasteiger partial charge in [-0.1, -0.05) is 45.2 Å². The van der Waals surface area contributed by atoms with Crippen molar-refractivity contribution in [3.8, 4) is 0 Å². The fourth-order valence-corrected chi connectivity index (χ4v) is 4.81. The minimum absolute atomic E-state index is 0.00325. The summed E-state index contributed by atoms with van der Waals surface area (Å²) in [7, 11) is -2.71. The number of carbonyl (C=O) groups is 1. The number of nitrogens with zero attached hydrogens (tertiary/aromatic N) is 1. The molecule has 0 atom stereocenters. The van der Waals surface area contributed by atoms with Gasteiger partial charge in [0.1, 0.15) is 4.90 Å². The number of aryl methyl sites for hydroxylation is 1. The normalized spacial score (nSPS) is 11.6. The van der Waals surface area contributed by atoms with Crippen molar-refractivity contribution in [1.82, 2.24) is 4.31 Å². The Kier molecular flexibility index (Phi) is 6.51. The first-order valence-electron chi connectivity index (χ1n) is 7.09. The second-order valence-corrected chi connectivity index (χ2v) is 9.03. The second kappa shape index (κ2) is 8.05. The van der Waals surface area contributed by atoms with Gasteiger partial charge in [-0.25, -0.2) is 8.42 Å². The van der Waals surface area contributed by atoms with E-state index in [1.54, 1.807) is 18.2 Å². The highest BCUT2D eigenvalue weighted by molar-refractivity contribution is 9.10. The lowest BCUT2D eigenvalue weighted by Gasteiger charge is -2.19. The number of sulfonamides is 1. The van der Waals surface area contributed by atoms with Crippen LogP contribution in [-0.2, 0) is 14.8 Å². The van der Waals surface area contributed by atoms with Gasteiger partial charge in [0, 0.05) is 17.2 Å². The maximum atomic E-state index is 12.6. The van der Waals surface area contributed by atoms with Gasteiger partial charge in [-0.3, -0.25) is 4.79 Å². The lowest BCUT2D eigenvalue weighted by molar-refractivity contribution is -0.116. The first-order valence-corrected chi connectivity index (χ1v) is 10.1. The van der Waals surface area contributed by atoms with E-state index in [4.69, 9.17) is 23.2 Å². The summed E-state index contributed by atoms with van der Waals surface area (Å²) in [6, 6.07) is 9.77. The van der Waals surface area contributed by atoms with Crippen LogP contribution < -0.4 is 5.32 Å². The van der Waals surface area contributed by atoms with Crippen LogP contribution >= 0.6 is 39.1 Å². The van der Waals surface area contributed by atoms with Gasteiger partial charge in [-0.2, -0.15) is 4.31 Å². The van der Waals surface area contributed by atoms with Crippen molar-refractivity contribution in [1.29, 1.82) is 0 Å². The SMILES string of the molecule is Cc1cc(Br)ccc1NC(=O)CN(C)S(=O)(=O)c1c(Cl)cccc1Cl. The van der Waals surface area contributed by atoms with Crippen molar-refractivity contribution in [2.45, 2.75) is 11.8 Å². The summed E-state index contributed by atoms with van der Waals surface area (Å²) in [6.45, 7) is 1.46. The number of anilines is 1. The Bertz CT molecular complexity index is 899. The fraction of sp³-hybridized carbons (Fsp3) is 0.188. The standard InChI is InChI=1S/C16H15BrCl2N2O3S/c1-10-8-11(17)6-7-14(10)20-15(22)9-21(2)25(23,24)16-12(18)4-3-5-13(16)19/h3-8H,9H2,1-2H3,(H,20,22). The van der Waals surface area contributed by atoms with E-state index >= 15 is 0 Å². The number of amides is 1. The zero-order chi connectivity index (χ0) is 18.8. The average molecular weight is 466 g/mol. The molecule has 2 aromatic rings. The van der Waals surface area contributed by atoms with Crippen LogP contribution in [0.2, 0.25) is 10.0 Å². The molecule has 1 N–H and O–H groups in total. The Morgan fingerprint density at radius 1 is 1.20 bits per heavy atom. The van der Waals surface area contributed by atoms with Crippen molar-refractivity contribution in [2.24, 2.45) is 0 Å². The lowest BCUT2D eigenvalue weighted by Crippen LogP contribution is -2.35. The zero-order valence-electron chi connectivity index (χ0n) is 13.4. The number of hydrogen-bond acceptors (Lipinski definition) is 3. The van der Waals surface area contributed by atoms with E-state index < -0.39 is 15.9 Å². The van der Waals surface area contributed by atoms with Crippen molar-refractivity contribution in [2.75, 3.05) is 18.9 Å². The zero-order valence-corrected chi connectivity index (χ0v) is 17.3. The first kappa shape index (κ1) is 20.2. The summed E-state index contributed by atoms with van der Waals surface area (Å²) < 4.78 is 27.1. The smallest absolute Gasteiger partial charge is 0.246 e. The summed E-state index contributed by atoms with van der Waals surface area (Å²) in [6.07, 6.45) is 0. The molecular formula is C16H15BrCl2N2O3S. The summed E-state index contributed by atoms with van der Waals surface area (Å²) in [5.74, 6) is -0.473. The van der Waals surface area contributed by atoms with Gasteiger partial charge in [0.25, 0.3) is 0 Å². The Hall–Kier alpha value is -1.12. The molecule has 0 aliphatic rings. The van der Waals surface area contributed by atoms with Gasteiger partial charge in [0.2, 0.25) is 15.9 Å². The number of carbonyl (C=O) groups excluding carboxylic acids is 1. The van der Waals surface area contributed by atoms with E-state index in [-0.39, 0.29) is 21.5 Å². The molecule has 0 aliphatic carbocycles. The van der Waals surface area contributed by atoms with Gasteiger partial charge < -0.3 is 5.32 Å². The molecular weight excluding hydrogens is 451 g/mol. The molecule has 0 saturated heterocycles. The summed E-state index contributed by atoms with van der Waals surface area (Å²) in [5, 5.41) is 2.70. The monoisotopic (exact) mass is 464 g/mol. The third-order valence-electron chi connectivity index (χ3n) is 3.42.